The summed E-state index contributed by atoms with van der Waals surface area (Å²) in [4.78, 5) is 2.44. The van der Waals surface area contributed by atoms with Gasteiger partial charge in [-0.3, -0.25) is 0 Å². The van der Waals surface area contributed by atoms with Crippen LogP contribution in [-0.2, 0) is 15.8 Å². The quantitative estimate of drug-likeness (QED) is 0.169. The summed E-state index contributed by atoms with van der Waals surface area (Å²) < 4.78 is 13.6. The molecule has 2 heterocycles. The summed E-state index contributed by atoms with van der Waals surface area (Å²) in [6, 6.07) is 45.8. The summed E-state index contributed by atoms with van der Waals surface area (Å²) in [6.45, 7) is 8.11. The van der Waals surface area contributed by atoms with E-state index in [1.165, 1.54) is 109 Å². The molecule has 2 aliphatic carbocycles. The summed E-state index contributed by atoms with van der Waals surface area (Å²) in [5.41, 5.74) is 10.6. The van der Waals surface area contributed by atoms with Crippen LogP contribution < -0.4 is 9.64 Å². The van der Waals surface area contributed by atoms with Crippen molar-refractivity contribution in [1.29, 1.82) is 0 Å². The number of fused-ring (bicyclic) bond motifs is 11. The lowest BCUT2D eigenvalue weighted by molar-refractivity contribution is 0.122. The maximum Gasteiger partial charge on any atom is 0.178 e. The van der Waals surface area contributed by atoms with E-state index in [1.807, 2.05) is 0 Å². The highest BCUT2D eigenvalue weighted by atomic mass is 16.5. The SMILES string of the molecule is CC1(C)c2ccccc2-c2ccc(C3(c4ccc(N5CCOCC5)cc4)C=Cc4c(c(C5CCCCC5)cc5c6ccccc6c6ccccc6c45)O3)cc21. The maximum atomic E-state index is 7.92. The highest BCUT2D eigenvalue weighted by Crippen LogP contribution is 2.54. The van der Waals surface area contributed by atoms with E-state index < -0.39 is 5.60 Å². The third kappa shape index (κ3) is 4.98. The van der Waals surface area contributed by atoms with Crippen molar-refractivity contribution < 1.29 is 9.47 Å². The van der Waals surface area contributed by atoms with Gasteiger partial charge in [-0.2, -0.15) is 0 Å². The van der Waals surface area contributed by atoms with Crippen molar-refractivity contribution in [2.75, 3.05) is 31.2 Å². The van der Waals surface area contributed by atoms with Crippen LogP contribution in [0.15, 0.2) is 127 Å². The molecular weight excluding hydrogens is 671 g/mol. The first-order valence-electron chi connectivity index (χ1n) is 20.5. The van der Waals surface area contributed by atoms with Crippen molar-refractivity contribution in [1.82, 2.24) is 0 Å². The zero-order valence-electron chi connectivity index (χ0n) is 31.9. The van der Waals surface area contributed by atoms with Gasteiger partial charge in [-0.05, 0) is 110 Å². The highest BCUT2D eigenvalue weighted by molar-refractivity contribution is 6.27. The zero-order chi connectivity index (χ0) is 36.7. The van der Waals surface area contributed by atoms with Gasteiger partial charge in [0.1, 0.15) is 5.75 Å². The van der Waals surface area contributed by atoms with Crippen molar-refractivity contribution in [3.63, 3.8) is 0 Å². The Balaban J connectivity index is 1.17. The number of hydrogen-bond acceptors (Lipinski definition) is 3. The lowest BCUT2D eigenvalue weighted by atomic mass is 9.76. The zero-order valence-corrected chi connectivity index (χ0v) is 31.9. The topological polar surface area (TPSA) is 21.7 Å². The van der Waals surface area contributed by atoms with Gasteiger partial charge in [-0.25, -0.2) is 0 Å². The highest BCUT2D eigenvalue weighted by Gasteiger charge is 2.43. The second-order valence-electron chi connectivity index (χ2n) is 16.8. The Morgan fingerprint density at radius 3 is 2.00 bits per heavy atom. The van der Waals surface area contributed by atoms with Gasteiger partial charge in [0.15, 0.2) is 5.60 Å². The minimum Gasteiger partial charge on any atom is -0.473 e. The Morgan fingerprint density at radius 1 is 0.600 bits per heavy atom. The summed E-state index contributed by atoms with van der Waals surface area (Å²) in [6.07, 6.45) is 11.0. The van der Waals surface area contributed by atoms with E-state index in [-0.39, 0.29) is 5.41 Å². The first-order chi connectivity index (χ1) is 27.0. The van der Waals surface area contributed by atoms with Crippen LogP contribution in [0, 0.1) is 0 Å². The van der Waals surface area contributed by atoms with Crippen molar-refractivity contribution >= 4 is 44.1 Å². The van der Waals surface area contributed by atoms with Gasteiger partial charge in [-0.1, -0.05) is 130 Å². The minimum atomic E-state index is -0.819. The molecule has 4 aliphatic rings. The van der Waals surface area contributed by atoms with Crippen LogP contribution in [0.3, 0.4) is 0 Å². The Kier molecular flexibility index (Phi) is 7.55. The molecule has 11 rings (SSSR count). The number of ether oxygens (including phenoxy) is 2. The Labute approximate surface area is 324 Å². The molecule has 2 fully saturated rings. The van der Waals surface area contributed by atoms with Gasteiger partial charge in [0.25, 0.3) is 0 Å². The number of nitrogens with zero attached hydrogens (tertiary/aromatic N) is 1. The normalized spacial score (nSPS) is 20.4. The van der Waals surface area contributed by atoms with Gasteiger partial charge in [-0.15, -0.1) is 0 Å². The van der Waals surface area contributed by atoms with Crippen molar-refractivity contribution in [2.45, 2.75) is 62.9 Å². The average Bonchev–Trinajstić information content (AvgIpc) is 3.49. The molecule has 0 N–H and O–H groups in total. The smallest absolute Gasteiger partial charge is 0.178 e. The van der Waals surface area contributed by atoms with Crippen LogP contribution in [0.25, 0.3) is 49.5 Å². The molecule has 1 saturated carbocycles. The summed E-state index contributed by atoms with van der Waals surface area (Å²) in [5.74, 6) is 1.51. The van der Waals surface area contributed by atoms with E-state index in [1.54, 1.807) is 0 Å². The third-order valence-corrected chi connectivity index (χ3v) is 13.5. The van der Waals surface area contributed by atoms with Gasteiger partial charge in [0.2, 0.25) is 0 Å². The molecule has 3 heteroatoms. The van der Waals surface area contributed by atoms with Crippen molar-refractivity contribution in [3.8, 4) is 16.9 Å². The number of benzene rings is 7. The fourth-order valence-electron chi connectivity index (χ4n) is 10.6. The van der Waals surface area contributed by atoms with E-state index in [0.717, 1.165) is 37.6 Å². The van der Waals surface area contributed by atoms with E-state index in [4.69, 9.17) is 9.47 Å². The standard InChI is InChI=1S/C52H47NO2/c1-51(2)47-19-11-10-17-41(47)42-25-22-36(32-48(42)51)52(35-20-23-37(24-21-35)53-28-30-54-31-29-53)27-26-44-49-43-18-9-8-15-39(43)38-14-6-7-16-40(38)46(49)33-45(50(44)55-52)34-12-4-3-5-13-34/h6-11,14-27,32-34H,3-5,12-13,28-31H2,1-2H3. The fraction of sp³-hybridized carbons (Fsp3) is 0.269. The lowest BCUT2D eigenvalue weighted by Gasteiger charge is -2.39. The predicted molar refractivity (Wildman–Crippen MR) is 229 cm³/mol. The number of morpholine rings is 1. The number of hydrogen-bond donors (Lipinski definition) is 0. The van der Waals surface area contributed by atoms with E-state index in [9.17, 15) is 0 Å². The van der Waals surface area contributed by atoms with Crippen LogP contribution in [0.2, 0.25) is 0 Å². The van der Waals surface area contributed by atoms with Crippen LogP contribution in [0.5, 0.6) is 5.75 Å². The molecule has 1 unspecified atom stereocenters. The largest absolute Gasteiger partial charge is 0.473 e. The van der Waals surface area contributed by atoms with Crippen LogP contribution in [0.4, 0.5) is 5.69 Å². The van der Waals surface area contributed by atoms with Gasteiger partial charge in [0.05, 0.1) is 13.2 Å². The Morgan fingerprint density at radius 2 is 1.24 bits per heavy atom. The third-order valence-electron chi connectivity index (χ3n) is 13.5. The molecule has 2 aliphatic heterocycles. The Bertz CT molecular complexity index is 2670. The second-order valence-corrected chi connectivity index (χ2v) is 16.8. The number of rotatable bonds is 4. The van der Waals surface area contributed by atoms with Crippen molar-refractivity contribution in [2.24, 2.45) is 0 Å². The van der Waals surface area contributed by atoms with Crippen LogP contribution >= 0.6 is 0 Å². The number of anilines is 1. The lowest BCUT2D eigenvalue weighted by Crippen LogP contribution is -2.37. The van der Waals surface area contributed by atoms with Gasteiger partial charge >= 0.3 is 0 Å². The maximum absolute atomic E-state index is 7.92. The van der Waals surface area contributed by atoms with Crippen molar-refractivity contribution in [3.05, 3.63) is 161 Å². The summed E-state index contributed by atoms with van der Waals surface area (Å²) in [5, 5.41) is 7.85. The molecule has 0 bridgehead atoms. The minimum absolute atomic E-state index is 0.122. The molecule has 1 saturated heterocycles. The first-order valence-corrected chi connectivity index (χ1v) is 20.5. The molecule has 1 atom stereocenters. The molecular formula is C52H47NO2. The van der Waals surface area contributed by atoms with Crippen LogP contribution in [0.1, 0.15) is 85.3 Å². The summed E-state index contributed by atoms with van der Waals surface area (Å²) >= 11 is 0. The molecule has 0 aromatic heterocycles. The Hall–Kier alpha value is -5.38. The van der Waals surface area contributed by atoms with E-state index >= 15 is 0 Å². The van der Waals surface area contributed by atoms with E-state index in [2.05, 4.69) is 152 Å². The second kappa shape index (κ2) is 12.6. The molecule has 0 amide bonds. The molecule has 3 nitrogen and oxygen atoms in total. The molecule has 7 aromatic rings. The molecule has 0 spiro atoms. The monoisotopic (exact) mass is 717 g/mol. The van der Waals surface area contributed by atoms with Gasteiger partial charge in [0, 0.05) is 46.3 Å². The summed E-state index contributed by atoms with van der Waals surface area (Å²) in [7, 11) is 0. The van der Waals surface area contributed by atoms with E-state index in [0.29, 0.717) is 5.92 Å². The average molecular weight is 718 g/mol. The fourth-order valence-corrected chi connectivity index (χ4v) is 10.6. The van der Waals surface area contributed by atoms with Crippen LogP contribution in [-0.4, -0.2) is 26.3 Å². The predicted octanol–water partition coefficient (Wildman–Crippen LogP) is 12.7. The molecule has 55 heavy (non-hydrogen) atoms. The van der Waals surface area contributed by atoms with Gasteiger partial charge < -0.3 is 14.4 Å². The molecule has 272 valence electrons. The molecule has 0 radical (unpaired) electrons. The first kappa shape index (κ1) is 33.0. The molecule has 7 aromatic carbocycles.